The Labute approximate surface area is 152 Å². The SMILES string of the molecule is c1ccc2c(CCNc3ncncc3OCCNC3COC3)c[nH]c2c1. The maximum absolute atomic E-state index is 5.82. The second-order valence-electron chi connectivity index (χ2n) is 6.31. The van der Waals surface area contributed by atoms with Crippen molar-refractivity contribution in [2.45, 2.75) is 12.5 Å². The van der Waals surface area contributed by atoms with E-state index < -0.39 is 0 Å². The van der Waals surface area contributed by atoms with Gasteiger partial charge < -0.3 is 25.1 Å². The van der Waals surface area contributed by atoms with Crippen molar-refractivity contribution in [3.8, 4) is 5.75 Å². The second kappa shape index (κ2) is 8.16. The van der Waals surface area contributed by atoms with Crippen molar-refractivity contribution in [3.63, 3.8) is 0 Å². The zero-order chi connectivity index (χ0) is 17.6. The molecule has 1 fully saturated rings. The number of rotatable bonds is 9. The Bertz CT molecular complexity index is 847. The number of nitrogens with one attached hydrogen (secondary N) is 3. The van der Waals surface area contributed by atoms with Crippen LogP contribution in [0.25, 0.3) is 10.9 Å². The average molecular weight is 353 g/mol. The standard InChI is InChI=1S/C19H23N5O2/c1-2-4-17-16(3-1)14(9-23-17)5-6-22-19-18(10-20-13-24-19)26-8-7-21-15-11-25-12-15/h1-4,9-10,13,15,21,23H,5-8,11-12H2,(H,20,22,24). The van der Waals surface area contributed by atoms with E-state index in [2.05, 4.69) is 50.0 Å². The summed E-state index contributed by atoms with van der Waals surface area (Å²) in [7, 11) is 0. The molecule has 0 bridgehead atoms. The first-order valence-corrected chi connectivity index (χ1v) is 8.93. The number of hydrogen-bond donors (Lipinski definition) is 3. The van der Waals surface area contributed by atoms with Crippen LogP contribution in [0.4, 0.5) is 5.82 Å². The van der Waals surface area contributed by atoms with E-state index in [1.807, 2.05) is 6.07 Å². The monoisotopic (exact) mass is 353 g/mol. The first kappa shape index (κ1) is 16.8. The molecule has 0 saturated carbocycles. The molecule has 26 heavy (non-hydrogen) atoms. The summed E-state index contributed by atoms with van der Waals surface area (Å²) in [6.45, 7) is 3.69. The first-order chi connectivity index (χ1) is 12.9. The van der Waals surface area contributed by atoms with Crippen LogP contribution in [0.15, 0.2) is 43.0 Å². The molecule has 0 atom stereocenters. The van der Waals surface area contributed by atoms with Crippen LogP contribution in [0.2, 0.25) is 0 Å². The molecule has 3 N–H and O–H groups in total. The molecule has 7 heteroatoms. The highest BCUT2D eigenvalue weighted by Gasteiger charge is 2.16. The van der Waals surface area contributed by atoms with E-state index in [9.17, 15) is 0 Å². The van der Waals surface area contributed by atoms with Crippen LogP contribution in [-0.2, 0) is 11.2 Å². The number of fused-ring (bicyclic) bond motifs is 1. The van der Waals surface area contributed by atoms with Gasteiger partial charge in [0.15, 0.2) is 11.6 Å². The molecule has 3 heterocycles. The minimum atomic E-state index is 0.458. The number of aromatic nitrogens is 3. The molecule has 1 aliphatic rings. The molecule has 2 aromatic heterocycles. The second-order valence-corrected chi connectivity index (χ2v) is 6.31. The zero-order valence-electron chi connectivity index (χ0n) is 14.6. The summed E-state index contributed by atoms with van der Waals surface area (Å²) >= 11 is 0. The van der Waals surface area contributed by atoms with E-state index in [1.165, 1.54) is 17.3 Å². The molecule has 1 aromatic carbocycles. The summed E-state index contributed by atoms with van der Waals surface area (Å²) in [5, 5.41) is 7.99. The van der Waals surface area contributed by atoms with E-state index >= 15 is 0 Å². The number of aromatic amines is 1. The normalized spacial score (nSPS) is 14.3. The van der Waals surface area contributed by atoms with Crippen LogP contribution in [0.5, 0.6) is 5.75 Å². The van der Waals surface area contributed by atoms with Gasteiger partial charge in [-0.2, -0.15) is 0 Å². The lowest BCUT2D eigenvalue weighted by molar-refractivity contribution is -0.00595. The van der Waals surface area contributed by atoms with Crippen LogP contribution >= 0.6 is 0 Å². The number of hydrogen-bond acceptors (Lipinski definition) is 6. The Morgan fingerprint density at radius 3 is 3.04 bits per heavy atom. The van der Waals surface area contributed by atoms with Gasteiger partial charge in [0.05, 0.1) is 25.5 Å². The van der Waals surface area contributed by atoms with Crippen LogP contribution in [0.3, 0.4) is 0 Å². The first-order valence-electron chi connectivity index (χ1n) is 8.93. The lowest BCUT2D eigenvalue weighted by atomic mass is 10.1. The highest BCUT2D eigenvalue weighted by molar-refractivity contribution is 5.83. The van der Waals surface area contributed by atoms with E-state index in [4.69, 9.17) is 9.47 Å². The van der Waals surface area contributed by atoms with Crippen molar-refractivity contribution in [3.05, 3.63) is 48.5 Å². The quantitative estimate of drug-likeness (QED) is 0.510. The fourth-order valence-electron chi connectivity index (χ4n) is 2.99. The van der Waals surface area contributed by atoms with Gasteiger partial charge in [0, 0.05) is 30.2 Å². The number of nitrogens with zero attached hydrogens (tertiary/aromatic N) is 2. The third kappa shape index (κ3) is 3.95. The van der Waals surface area contributed by atoms with Gasteiger partial charge in [-0.15, -0.1) is 0 Å². The molecule has 1 saturated heterocycles. The zero-order valence-corrected chi connectivity index (χ0v) is 14.6. The van der Waals surface area contributed by atoms with Crippen LogP contribution in [0.1, 0.15) is 5.56 Å². The van der Waals surface area contributed by atoms with E-state index in [0.717, 1.165) is 44.1 Å². The molecule has 0 amide bonds. The van der Waals surface area contributed by atoms with E-state index in [1.54, 1.807) is 6.20 Å². The van der Waals surface area contributed by atoms with Crippen molar-refractivity contribution >= 4 is 16.7 Å². The molecule has 0 spiro atoms. The number of ether oxygens (including phenoxy) is 2. The highest BCUT2D eigenvalue weighted by Crippen LogP contribution is 2.21. The Morgan fingerprint density at radius 1 is 1.23 bits per heavy atom. The largest absolute Gasteiger partial charge is 0.487 e. The Hall–Kier alpha value is -2.64. The summed E-state index contributed by atoms with van der Waals surface area (Å²) in [6, 6.07) is 8.79. The van der Waals surface area contributed by atoms with Crippen molar-refractivity contribution in [2.24, 2.45) is 0 Å². The van der Waals surface area contributed by atoms with Gasteiger partial charge in [0.25, 0.3) is 0 Å². The van der Waals surface area contributed by atoms with Gasteiger partial charge in [0.2, 0.25) is 0 Å². The Kier molecular flexibility index (Phi) is 5.27. The van der Waals surface area contributed by atoms with Crippen LogP contribution < -0.4 is 15.4 Å². The van der Waals surface area contributed by atoms with Gasteiger partial charge in [0.1, 0.15) is 12.9 Å². The number of benzene rings is 1. The average Bonchev–Trinajstić information content (AvgIpc) is 3.04. The lowest BCUT2D eigenvalue weighted by Crippen LogP contribution is -2.47. The van der Waals surface area contributed by atoms with Crippen molar-refractivity contribution in [2.75, 3.05) is 38.2 Å². The fourth-order valence-corrected chi connectivity index (χ4v) is 2.99. The Balaban J connectivity index is 1.28. The molecule has 3 aromatic rings. The maximum Gasteiger partial charge on any atom is 0.179 e. The molecule has 0 aliphatic carbocycles. The minimum Gasteiger partial charge on any atom is -0.487 e. The summed E-state index contributed by atoms with van der Waals surface area (Å²) in [6.07, 6.45) is 6.20. The number of para-hydroxylation sites is 1. The minimum absolute atomic E-state index is 0.458. The molecule has 4 rings (SSSR count). The summed E-state index contributed by atoms with van der Waals surface area (Å²) in [4.78, 5) is 11.7. The molecule has 0 radical (unpaired) electrons. The Morgan fingerprint density at radius 2 is 2.15 bits per heavy atom. The summed E-state index contributed by atoms with van der Waals surface area (Å²) in [5.41, 5.74) is 2.45. The highest BCUT2D eigenvalue weighted by atomic mass is 16.5. The number of H-pyrrole nitrogens is 1. The van der Waals surface area contributed by atoms with Crippen molar-refractivity contribution in [1.29, 1.82) is 0 Å². The third-order valence-corrected chi connectivity index (χ3v) is 4.47. The van der Waals surface area contributed by atoms with Crippen LogP contribution in [0, 0.1) is 0 Å². The van der Waals surface area contributed by atoms with Crippen molar-refractivity contribution < 1.29 is 9.47 Å². The van der Waals surface area contributed by atoms with Crippen molar-refractivity contribution in [1.82, 2.24) is 20.3 Å². The molecule has 0 unspecified atom stereocenters. The topological polar surface area (TPSA) is 84.1 Å². The molecule has 7 nitrogen and oxygen atoms in total. The van der Waals surface area contributed by atoms with E-state index in [-0.39, 0.29) is 0 Å². The van der Waals surface area contributed by atoms with Gasteiger partial charge >= 0.3 is 0 Å². The predicted molar refractivity (Wildman–Crippen MR) is 101 cm³/mol. The summed E-state index contributed by atoms with van der Waals surface area (Å²) in [5.74, 6) is 1.41. The molecular weight excluding hydrogens is 330 g/mol. The summed E-state index contributed by atoms with van der Waals surface area (Å²) < 4.78 is 11.0. The lowest BCUT2D eigenvalue weighted by Gasteiger charge is -2.26. The van der Waals surface area contributed by atoms with Gasteiger partial charge in [-0.05, 0) is 18.1 Å². The molecular formula is C19H23N5O2. The van der Waals surface area contributed by atoms with Gasteiger partial charge in [-0.1, -0.05) is 18.2 Å². The fraction of sp³-hybridized carbons (Fsp3) is 0.368. The number of anilines is 1. The molecule has 1 aliphatic heterocycles. The third-order valence-electron chi connectivity index (χ3n) is 4.47. The van der Waals surface area contributed by atoms with Gasteiger partial charge in [-0.25, -0.2) is 9.97 Å². The molecule has 136 valence electrons. The smallest absolute Gasteiger partial charge is 0.179 e. The van der Waals surface area contributed by atoms with Gasteiger partial charge in [-0.3, -0.25) is 0 Å². The van der Waals surface area contributed by atoms with E-state index in [0.29, 0.717) is 18.4 Å². The van der Waals surface area contributed by atoms with Crippen LogP contribution in [-0.4, -0.2) is 53.9 Å². The predicted octanol–water partition coefficient (Wildman–Crippen LogP) is 1.98. The maximum atomic E-state index is 5.82.